The summed E-state index contributed by atoms with van der Waals surface area (Å²) in [4.78, 5) is 16.5. The molecular formula is C14H25N5O. The average molecular weight is 279 g/mol. The van der Waals surface area contributed by atoms with E-state index in [0.717, 1.165) is 32.5 Å². The third-order valence-corrected chi connectivity index (χ3v) is 4.21. The molecule has 2 rings (SSSR count). The van der Waals surface area contributed by atoms with E-state index < -0.39 is 0 Å². The lowest BCUT2D eigenvalue weighted by Crippen LogP contribution is -2.42. The van der Waals surface area contributed by atoms with Gasteiger partial charge in [-0.15, -0.1) is 0 Å². The van der Waals surface area contributed by atoms with Crippen molar-refractivity contribution in [2.45, 2.75) is 32.7 Å². The number of aromatic nitrogens is 2. The van der Waals surface area contributed by atoms with Crippen LogP contribution in [0.2, 0.25) is 0 Å². The van der Waals surface area contributed by atoms with Gasteiger partial charge in [0.05, 0.1) is 11.9 Å². The highest BCUT2D eigenvalue weighted by Gasteiger charge is 2.26. The van der Waals surface area contributed by atoms with Gasteiger partial charge >= 0.3 is 0 Å². The first kappa shape index (κ1) is 14.8. The fourth-order valence-electron chi connectivity index (χ4n) is 2.56. The van der Waals surface area contributed by atoms with Gasteiger partial charge in [-0.2, -0.15) is 5.10 Å². The third-order valence-electron chi connectivity index (χ3n) is 4.21. The number of piperidine rings is 1. The number of amides is 1. The van der Waals surface area contributed by atoms with E-state index in [1.54, 1.807) is 0 Å². The first-order valence-corrected chi connectivity index (χ1v) is 7.27. The molecule has 0 aromatic carbocycles. The SMILES string of the molecule is CC(C)N(C)CC1CCN(C(=O)c2[nH]ncc2N)CC1. The van der Waals surface area contributed by atoms with E-state index in [-0.39, 0.29) is 5.91 Å². The van der Waals surface area contributed by atoms with Gasteiger partial charge in [-0.05, 0) is 39.7 Å². The summed E-state index contributed by atoms with van der Waals surface area (Å²) in [6.45, 7) is 7.12. The van der Waals surface area contributed by atoms with Crippen LogP contribution in [-0.4, -0.2) is 58.6 Å². The fourth-order valence-corrected chi connectivity index (χ4v) is 2.56. The predicted molar refractivity (Wildman–Crippen MR) is 79.4 cm³/mol. The molecule has 6 heteroatoms. The number of nitrogen functional groups attached to an aromatic ring is 1. The third kappa shape index (κ3) is 3.30. The molecule has 1 fully saturated rings. The molecule has 0 bridgehead atoms. The van der Waals surface area contributed by atoms with Gasteiger partial charge < -0.3 is 15.5 Å². The summed E-state index contributed by atoms with van der Waals surface area (Å²) in [6, 6.07) is 0.569. The molecule has 0 saturated carbocycles. The zero-order valence-electron chi connectivity index (χ0n) is 12.6. The zero-order valence-corrected chi connectivity index (χ0v) is 12.6. The monoisotopic (exact) mass is 279 g/mol. The summed E-state index contributed by atoms with van der Waals surface area (Å²) in [5, 5.41) is 6.49. The van der Waals surface area contributed by atoms with Gasteiger partial charge in [0.1, 0.15) is 5.69 Å². The molecule has 0 unspecified atom stereocenters. The van der Waals surface area contributed by atoms with Gasteiger partial charge in [0, 0.05) is 25.7 Å². The maximum absolute atomic E-state index is 12.3. The summed E-state index contributed by atoms with van der Waals surface area (Å²) in [5.74, 6) is 0.640. The van der Waals surface area contributed by atoms with E-state index in [4.69, 9.17) is 5.73 Å². The smallest absolute Gasteiger partial charge is 0.274 e. The number of anilines is 1. The van der Waals surface area contributed by atoms with Crippen molar-refractivity contribution in [1.29, 1.82) is 0 Å². The Kier molecular flexibility index (Phi) is 4.65. The number of carbonyl (C=O) groups excluding carboxylic acids is 1. The second-order valence-corrected chi connectivity index (χ2v) is 5.97. The molecule has 0 atom stereocenters. The normalized spacial score (nSPS) is 17.1. The molecule has 1 aromatic heterocycles. The topological polar surface area (TPSA) is 78.2 Å². The van der Waals surface area contributed by atoms with Crippen LogP contribution in [0.25, 0.3) is 0 Å². The van der Waals surface area contributed by atoms with Crippen molar-refractivity contribution in [2.75, 3.05) is 32.4 Å². The number of nitrogens with zero attached hydrogens (tertiary/aromatic N) is 3. The van der Waals surface area contributed by atoms with E-state index in [1.165, 1.54) is 6.20 Å². The molecule has 1 amide bonds. The van der Waals surface area contributed by atoms with E-state index >= 15 is 0 Å². The number of aromatic amines is 1. The van der Waals surface area contributed by atoms with Crippen molar-refractivity contribution in [3.8, 4) is 0 Å². The van der Waals surface area contributed by atoms with Crippen molar-refractivity contribution in [1.82, 2.24) is 20.0 Å². The van der Waals surface area contributed by atoms with Crippen LogP contribution in [0.15, 0.2) is 6.20 Å². The largest absolute Gasteiger partial charge is 0.396 e. The number of carbonyl (C=O) groups is 1. The van der Waals surface area contributed by atoms with Crippen LogP contribution < -0.4 is 5.73 Å². The van der Waals surface area contributed by atoms with E-state index in [2.05, 4.69) is 36.0 Å². The van der Waals surface area contributed by atoms with Gasteiger partial charge in [-0.3, -0.25) is 9.89 Å². The Bertz CT molecular complexity index is 448. The van der Waals surface area contributed by atoms with Crippen molar-refractivity contribution >= 4 is 11.6 Å². The lowest BCUT2D eigenvalue weighted by molar-refractivity contribution is 0.0661. The Morgan fingerprint density at radius 2 is 2.20 bits per heavy atom. The van der Waals surface area contributed by atoms with Crippen LogP contribution in [-0.2, 0) is 0 Å². The highest BCUT2D eigenvalue weighted by Crippen LogP contribution is 2.21. The summed E-state index contributed by atoms with van der Waals surface area (Å²) >= 11 is 0. The number of H-pyrrole nitrogens is 1. The highest BCUT2D eigenvalue weighted by atomic mass is 16.2. The van der Waals surface area contributed by atoms with Crippen LogP contribution >= 0.6 is 0 Å². The average Bonchev–Trinajstić information content (AvgIpc) is 2.85. The number of rotatable bonds is 4. The molecule has 20 heavy (non-hydrogen) atoms. The maximum atomic E-state index is 12.3. The van der Waals surface area contributed by atoms with E-state index in [0.29, 0.717) is 23.3 Å². The predicted octanol–water partition coefficient (Wildman–Crippen LogP) is 1.18. The second-order valence-electron chi connectivity index (χ2n) is 5.97. The quantitative estimate of drug-likeness (QED) is 0.867. The Morgan fingerprint density at radius 1 is 1.55 bits per heavy atom. The molecule has 3 N–H and O–H groups in total. The fraction of sp³-hybridized carbons (Fsp3) is 0.714. The molecule has 6 nitrogen and oxygen atoms in total. The summed E-state index contributed by atoms with van der Waals surface area (Å²) in [5.41, 5.74) is 6.57. The van der Waals surface area contributed by atoms with E-state index in [9.17, 15) is 4.79 Å². The molecule has 0 radical (unpaired) electrons. The highest BCUT2D eigenvalue weighted by molar-refractivity contribution is 5.97. The summed E-state index contributed by atoms with van der Waals surface area (Å²) in [6.07, 6.45) is 3.59. The minimum atomic E-state index is -0.0318. The Labute approximate surface area is 120 Å². The maximum Gasteiger partial charge on any atom is 0.274 e. The molecule has 1 aliphatic heterocycles. The summed E-state index contributed by atoms with van der Waals surface area (Å²) < 4.78 is 0. The molecule has 1 aromatic rings. The van der Waals surface area contributed by atoms with Crippen molar-refractivity contribution in [3.05, 3.63) is 11.9 Å². The second kappa shape index (κ2) is 6.26. The molecule has 2 heterocycles. The summed E-state index contributed by atoms with van der Waals surface area (Å²) in [7, 11) is 2.16. The first-order valence-electron chi connectivity index (χ1n) is 7.27. The van der Waals surface area contributed by atoms with Gasteiger partial charge in [-0.1, -0.05) is 0 Å². The van der Waals surface area contributed by atoms with Crippen LogP contribution in [0.5, 0.6) is 0 Å². The molecule has 0 spiro atoms. The lowest BCUT2D eigenvalue weighted by atomic mass is 9.95. The molecule has 0 aliphatic carbocycles. The lowest BCUT2D eigenvalue weighted by Gasteiger charge is -2.34. The molecule has 112 valence electrons. The first-order chi connectivity index (χ1) is 9.49. The van der Waals surface area contributed by atoms with Crippen LogP contribution in [0.4, 0.5) is 5.69 Å². The Balaban J connectivity index is 1.85. The number of nitrogens with one attached hydrogen (secondary N) is 1. The standard InChI is InChI=1S/C14H25N5O/c1-10(2)18(3)9-11-4-6-19(7-5-11)14(20)13-12(15)8-16-17-13/h8,10-11H,4-7,9,15H2,1-3H3,(H,16,17). The van der Waals surface area contributed by atoms with Crippen LogP contribution in [0.3, 0.4) is 0 Å². The van der Waals surface area contributed by atoms with Crippen LogP contribution in [0.1, 0.15) is 37.2 Å². The van der Waals surface area contributed by atoms with E-state index in [1.807, 2.05) is 4.90 Å². The number of likely N-dealkylation sites (tertiary alicyclic amines) is 1. The molecule has 1 saturated heterocycles. The Hall–Kier alpha value is -1.56. The minimum Gasteiger partial charge on any atom is -0.396 e. The van der Waals surface area contributed by atoms with Gasteiger partial charge in [-0.25, -0.2) is 0 Å². The van der Waals surface area contributed by atoms with Gasteiger partial charge in [0.25, 0.3) is 5.91 Å². The van der Waals surface area contributed by atoms with Crippen LogP contribution in [0, 0.1) is 5.92 Å². The van der Waals surface area contributed by atoms with Crippen molar-refractivity contribution in [3.63, 3.8) is 0 Å². The van der Waals surface area contributed by atoms with Crippen molar-refractivity contribution < 1.29 is 4.79 Å². The number of nitrogens with two attached hydrogens (primary N) is 1. The minimum absolute atomic E-state index is 0.0318. The van der Waals surface area contributed by atoms with Gasteiger partial charge in [0.2, 0.25) is 0 Å². The zero-order chi connectivity index (χ0) is 14.7. The number of hydrogen-bond donors (Lipinski definition) is 2. The molecular weight excluding hydrogens is 254 g/mol. The van der Waals surface area contributed by atoms with Gasteiger partial charge in [0.15, 0.2) is 0 Å². The number of hydrogen-bond acceptors (Lipinski definition) is 4. The van der Waals surface area contributed by atoms with Crippen molar-refractivity contribution in [2.24, 2.45) is 5.92 Å². The molecule has 1 aliphatic rings. The Morgan fingerprint density at radius 3 is 2.70 bits per heavy atom.